The van der Waals surface area contributed by atoms with Gasteiger partial charge in [-0.3, -0.25) is 14.9 Å². The van der Waals surface area contributed by atoms with Gasteiger partial charge in [-0.25, -0.2) is 4.98 Å². The molecule has 1 aliphatic carbocycles. The number of benzene rings is 2. The molecule has 1 aliphatic rings. The van der Waals surface area contributed by atoms with Crippen LogP contribution in [0.25, 0.3) is 10.9 Å². The summed E-state index contributed by atoms with van der Waals surface area (Å²) in [6.07, 6.45) is 6.64. The largest absolute Gasteiger partial charge is 0.282 e. The van der Waals surface area contributed by atoms with Crippen LogP contribution in [0.4, 0.5) is 5.69 Å². The summed E-state index contributed by atoms with van der Waals surface area (Å²) in [5.41, 5.74) is 0.649. The van der Waals surface area contributed by atoms with Gasteiger partial charge in [-0.15, -0.1) is 0 Å². The molecule has 29 heavy (non-hydrogen) atoms. The van der Waals surface area contributed by atoms with Gasteiger partial charge < -0.3 is 0 Å². The number of fused-ring (bicyclic) bond motifs is 1. The van der Waals surface area contributed by atoms with Gasteiger partial charge >= 0.3 is 0 Å². The van der Waals surface area contributed by atoms with Crippen molar-refractivity contribution in [2.45, 2.75) is 38.0 Å². The first-order chi connectivity index (χ1) is 14.0. The van der Waals surface area contributed by atoms with Crippen LogP contribution in [0, 0.1) is 10.1 Å². The topological polar surface area (TPSA) is 90.4 Å². The van der Waals surface area contributed by atoms with Crippen molar-refractivity contribution in [2.75, 3.05) is 0 Å². The van der Waals surface area contributed by atoms with Crippen molar-refractivity contribution in [3.8, 4) is 0 Å². The van der Waals surface area contributed by atoms with Gasteiger partial charge in [0.2, 0.25) is 0 Å². The van der Waals surface area contributed by atoms with E-state index in [1.54, 1.807) is 24.3 Å². The number of hydrogen-bond acceptors (Lipinski definition) is 5. The van der Waals surface area contributed by atoms with E-state index in [2.05, 4.69) is 21.0 Å². The van der Waals surface area contributed by atoms with E-state index in [9.17, 15) is 14.9 Å². The zero-order valence-corrected chi connectivity index (χ0v) is 17.2. The van der Waals surface area contributed by atoms with Crippen molar-refractivity contribution < 1.29 is 4.92 Å². The molecule has 1 saturated carbocycles. The molecular weight excluding hydrogens is 436 g/mol. The first kappa shape index (κ1) is 19.4. The quantitative estimate of drug-likeness (QED) is 0.315. The average molecular weight is 455 g/mol. The fourth-order valence-corrected chi connectivity index (χ4v) is 4.15. The van der Waals surface area contributed by atoms with E-state index in [1.165, 1.54) is 23.4 Å². The summed E-state index contributed by atoms with van der Waals surface area (Å²) in [5, 5.41) is 16.1. The molecule has 3 aromatic rings. The highest BCUT2D eigenvalue weighted by Gasteiger charge is 2.22. The molecule has 0 aliphatic heterocycles. The highest BCUT2D eigenvalue weighted by Crippen LogP contribution is 2.32. The Morgan fingerprint density at radius 2 is 1.93 bits per heavy atom. The van der Waals surface area contributed by atoms with E-state index < -0.39 is 4.92 Å². The van der Waals surface area contributed by atoms with Crippen molar-refractivity contribution in [3.05, 3.63) is 78.8 Å². The molecule has 2 aromatic carbocycles. The van der Waals surface area contributed by atoms with E-state index in [-0.39, 0.29) is 17.2 Å². The Balaban J connectivity index is 1.88. The third kappa shape index (κ3) is 3.98. The maximum atomic E-state index is 13.2. The van der Waals surface area contributed by atoms with Gasteiger partial charge in [-0.2, -0.15) is 9.78 Å². The molecule has 0 saturated heterocycles. The van der Waals surface area contributed by atoms with Crippen LogP contribution in [0.1, 0.15) is 49.4 Å². The molecule has 0 bridgehead atoms. The molecule has 1 heterocycles. The third-order valence-electron chi connectivity index (χ3n) is 5.25. The van der Waals surface area contributed by atoms with Gasteiger partial charge in [-0.05, 0) is 37.1 Å². The molecule has 0 unspecified atom stereocenters. The van der Waals surface area contributed by atoms with Gasteiger partial charge in [0.15, 0.2) is 0 Å². The van der Waals surface area contributed by atoms with Gasteiger partial charge in [-0.1, -0.05) is 47.3 Å². The zero-order chi connectivity index (χ0) is 20.4. The van der Waals surface area contributed by atoms with Crippen LogP contribution in [-0.4, -0.2) is 20.8 Å². The monoisotopic (exact) mass is 454 g/mol. The molecule has 0 atom stereocenters. The number of nitro groups is 1. The summed E-state index contributed by atoms with van der Waals surface area (Å²) in [4.78, 5) is 28.8. The SMILES string of the molecule is O=c1c2cc(Br)ccc2nc(C2CCCCC2)n1N=Cc1ccccc1[N+](=O)[O-]. The number of para-hydroxylation sites is 1. The summed E-state index contributed by atoms with van der Waals surface area (Å²) in [6, 6.07) is 11.7. The molecule has 1 fully saturated rings. The number of rotatable bonds is 4. The molecule has 7 nitrogen and oxygen atoms in total. The average Bonchev–Trinajstić information content (AvgIpc) is 2.74. The van der Waals surface area contributed by atoms with Crippen molar-refractivity contribution in [1.29, 1.82) is 0 Å². The van der Waals surface area contributed by atoms with Crippen LogP contribution >= 0.6 is 15.9 Å². The second kappa shape index (κ2) is 8.24. The minimum absolute atomic E-state index is 0.0555. The van der Waals surface area contributed by atoms with Gasteiger partial charge in [0, 0.05) is 16.5 Å². The van der Waals surface area contributed by atoms with Gasteiger partial charge in [0.05, 0.1) is 27.6 Å². The van der Waals surface area contributed by atoms with Crippen molar-refractivity contribution >= 4 is 38.7 Å². The molecule has 0 N–H and O–H groups in total. The van der Waals surface area contributed by atoms with E-state index in [4.69, 9.17) is 4.98 Å². The molecule has 0 amide bonds. The van der Waals surface area contributed by atoms with Crippen molar-refractivity contribution in [3.63, 3.8) is 0 Å². The Hall–Kier alpha value is -2.87. The maximum Gasteiger partial charge on any atom is 0.282 e. The lowest BCUT2D eigenvalue weighted by atomic mass is 9.88. The Labute approximate surface area is 175 Å². The minimum Gasteiger partial charge on any atom is -0.267 e. The maximum absolute atomic E-state index is 13.2. The van der Waals surface area contributed by atoms with E-state index in [0.717, 1.165) is 30.2 Å². The Morgan fingerprint density at radius 1 is 1.17 bits per heavy atom. The van der Waals surface area contributed by atoms with Crippen molar-refractivity contribution in [2.24, 2.45) is 5.10 Å². The van der Waals surface area contributed by atoms with Crippen LogP contribution in [0.15, 0.2) is 56.8 Å². The van der Waals surface area contributed by atoms with Crippen LogP contribution in [0.2, 0.25) is 0 Å². The summed E-state index contributed by atoms with van der Waals surface area (Å²) in [7, 11) is 0. The molecule has 1 aromatic heterocycles. The van der Waals surface area contributed by atoms with Gasteiger partial charge in [0.1, 0.15) is 5.82 Å². The third-order valence-corrected chi connectivity index (χ3v) is 5.74. The predicted octanol–water partition coefficient (Wildman–Crippen LogP) is 5.00. The van der Waals surface area contributed by atoms with Crippen LogP contribution in [-0.2, 0) is 0 Å². The molecule has 8 heteroatoms. The zero-order valence-electron chi connectivity index (χ0n) is 15.6. The van der Waals surface area contributed by atoms with E-state index >= 15 is 0 Å². The van der Waals surface area contributed by atoms with E-state index in [0.29, 0.717) is 22.3 Å². The Bertz CT molecular complexity index is 1170. The lowest BCUT2D eigenvalue weighted by Crippen LogP contribution is -2.25. The highest BCUT2D eigenvalue weighted by atomic mass is 79.9. The number of hydrogen-bond donors (Lipinski definition) is 0. The smallest absolute Gasteiger partial charge is 0.267 e. The molecule has 0 spiro atoms. The second-order valence-electron chi connectivity index (χ2n) is 7.14. The Morgan fingerprint density at radius 3 is 2.69 bits per heavy atom. The van der Waals surface area contributed by atoms with Crippen LogP contribution in [0.5, 0.6) is 0 Å². The van der Waals surface area contributed by atoms with Crippen LogP contribution < -0.4 is 5.56 Å². The van der Waals surface area contributed by atoms with Crippen LogP contribution in [0.3, 0.4) is 0 Å². The number of nitrogens with zero attached hydrogens (tertiary/aromatic N) is 4. The number of nitro benzene ring substituents is 1. The van der Waals surface area contributed by atoms with Gasteiger partial charge in [0.25, 0.3) is 11.2 Å². The Kier molecular flexibility index (Phi) is 5.53. The standard InChI is InChI=1S/C21H19BrN4O3/c22-16-10-11-18-17(12-16)21(27)25(20(24-18)14-6-2-1-3-7-14)23-13-15-8-4-5-9-19(15)26(28)29/h4-5,8-14H,1-3,6-7H2. The summed E-state index contributed by atoms with van der Waals surface area (Å²) in [6.45, 7) is 0. The number of aromatic nitrogens is 2. The molecule has 0 radical (unpaired) electrons. The highest BCUT2D eigenvalue weighted by molar-refractivity contribution is 9.10. The number of halogens is 1. The predicted molar refractivity (Wildman–Crippen MR) is 116 cm³/mol. The summed E-state index contributed by atoms with van der Waals surface area (Å²) < 4.78 is 2.10. The normalized spacial score (nSPS) is 15.2. The lowest BCUT2D eigenvalue weighted by molar-refractivity contribution is -0.385. The second-order valence-corrected chi connectivity index (χ2v) is 8.06. The fourth-order valence-electron chi connectivity index (χ4n) is 3.79. The summed E-state index contributed by atoms with van der Waals surface area (Å²) >= 11 is 3.40. The molecule has 148 valence electrons. The summed E-state index contributed by atoms with van der Waals surface area (Å²) in [5.74, 6) is 0.770. The molecule has 4 rings (SSSR count). The molecular formula is C21H19BrN4O3. The minimum atomic E-state index is -0.456. The fraction of sp³-hybridized carbons (Fsp3) is 0.286. The van der Waals surface area contributed by atoms with Crippen molar-refractivity contribution in [1.82, 2.24) is 9.66 Å². The first-order valence-corrected chi connectivity index (χ1v) is 10.3. The lowest BCUT2D eigenvalue weighted by Gasteiger charge is -2.22. The van der Waals surface area contributed by atoms with E-state index in [1.807, 2.05) is 12.1 Å². The first-order valence-electron chi connectivity index (χ1n) is 9.54.